The van der Waals surface area contributed by atoms with Crippen molar-refractivity contribution in [3.8, 4) is 0 Å². The molecule has 1 aliphatic carbocycles. The minimum Gasteiger partial charge on any atom is -0.393 e. The van der Waals surface area contributed by atoms with E-state index < -0.39 is 0 Å². The van der Waals surface area contributed by atoms with Crippen LogP contribution in [0.3, 0.4) is 0 Å². The number of aliphatic hydroxyl groups excluding tert-OH is 1. The Labute approximate surface area is 84.2 Å². The third-order valence-corrected chi connectivity index (χ3v) is 3.72. The van der Waals surface area contributed by atoms with Gasteiger partial charge in [-0.25, -0.2) is 0 Å². The van der Waals surface area contributed by atoms with Crippen LogP contribution in [0.2, 0.25) is 0 Å². The second-order valence-electron chi connectivity index (χ2n) is 4.29. The SMILES string of the molecule is CCC1(C)C(O)CC1c1cnccn1. The Morgan fingerprint density at radius 2 is 2.36 bits per heavy atom. The van der Waals surface area contributed by atoms with E-state index in [1.165, 1.54) is 0 Å². The van der Waals surface area contributed by atoms with Gasteiger partial charge >= 0.3 is 0 Å². The van der Waals surface area contributed by atoms with Crippen LogP contribution in [0, 0.1) is 5.41 Å². The quantitative estimate of drug-likeness (QED) is 0.776. The number of hydrogen-bond donors (Lipinski definition) is 1. The standard InChI is InChI=1S/C11H16N2O/c1-3-11(2)8(6-10(11)14)9-7-12-4-5-13-9/h4-5,7-8,10,14H,3,6H2,1-2H3. The van der Waals surface area contributed by atoms with Gasteiger partial charge in [0, 0.05) is 29.9 Å². The molecule has 1 saturated carbocycles. The molecular formula is C11H16N2O. The molecule has 0 radical (unpaired) electrons. The molecule has 1 N–H and O–H groups in total. The van der Waals surface area contributed by atoms with E-state index in [0.717, 1.165) is 18.5 Å². The van der Waals surface area contributed by atoms with Gasteiger partial charge in [0.15, 0.2) is 0 Å². The lowest BCUT2D eigenvalue weighted by atomic mass is 9.56. The molecule has 3 nitrogen and oxygen atoms in total. The molecule has 1 aliphatic rings. The second-order valence-corrected chi connectivity index (χ2v) is 4.29. The van der Waals surface area contributed by atoms with E-state index in [1.54, 1.807) is 12.4 Å². The Morgan fingerprint density at radius 1 is 1.57 bits per heavy atom. The number of rotatable bonds is 2. The van der Waals surface area contributed by atoms with Crippen LogP contribution >= 0.6 is 0 Å². The lowest BCUT2D eigenvalue weighted by Gasteiger charge is -2.50. The van der Waals surface area contributed by atoms with Crippen LogP contribution in [-0.2, 0) is 0 Å². The largest absolute Gasteiger partial charge is 0.393 e. The van der Waals surface area contributed by atoms with Crippen molar-refractivity contribution >= 4 is 0 Å². The highest BCUT2D eigenvalue weighted by Crippen LogP contribution is 2.54. The number of aromatic nitrogens is 2. The zero-order valence-corrected chi connectivity index (χ0v) is 8.64. The van der Waals surface area contributed by atoms with E-state index >= 15 is 0 Å². The average molecular weight is 192 g/mol. The molecule has 3 atom stereocenters. The summed E-state index contributed by atoms with van der Waals surface area (Å²) < 4.78 is 0. The van der Waals surface area contributed by atoms with Crippen LogP contribution in [0.25, 0.3) is 0 Å². The van der Waals surface area contributed by atoms with Crippen molar-refractivity contribution in [3.05, 3.63) is 24.3 Å². The minimum absolute atomic E-state index is 0.00394. The third-order valence-electron chi connectivity index (χ3n) is 3.72. The molecule has 14 heavy (non-hydrogen) atoms. The maximum atomic E-state index is 9.75. The Hall–Kier alpha value is -0.960. The summed E-state index contributed by atoms with van der Waals surface area (Å²) in [7, 11) is 0. The maximum absolute atomic E-state index is 9.75. The van der Waals surface area contributed by atoms with Crippen molar-refractivity contribution in [2.75, 3.05) is 0 Å². The summed E-state index contributed by atoms with van der Waals surface area (Å²) in [4.78, 5) is 8.37. The molecule has 1 heterocycles. The Kier molecular flexibility index (Phi) is 2.27. The molecule has 76 valence electrons. The summed E-state index contributed by atoms with van der Waals surface area (Å²) in [6.45, 7) is 4.24. The number of hydrogen-bond acceptors (Lipinski definition) is 3. The van der Waals surface area contributed by atoms with Gasteiger partial charge in [-0.3, -0.25) is 9.97 Å². The second kappa shape index (κ2) is 3.31. The first-order valence-corrected chi connectivity index (χ1v) is 5.12. The van der Waals surface area contributed by atoms with Crippen molar-refractivity contribution in [2.24, 2.45) is 5.41 Å². The lowest BCUT2D eigenvalue weighted by Crippen LogP contribution is -2.49. The van der Waals surface area contributed by atoms with Crippen LogP contribution in [0.5, 0.6) is 0 Å². The molecule has 1 fully saturated rings. The predicted octanol–water partition coefficient (Wildman–Crippen LogP) is 1.74. The van der Waals surface area contributed by atoms with Crippen molar-refractivity contribution in [2.45, 2.75) is 38.7 Å². The predicted molar refractivity (Wildman–Crippen MR) is 53.8 cm³/mol. The summed E-state index contributed by atoms with van der Waals surface area (Å²) in [5.41, 5.74) is 1.01. The molecule has 0 amide bonds. The third kappa shape index (κ3) is 1.23. The Morgan fingerprint density at radius 3 is 2.86 bits per heavy atom. The summed E-state index contributed by atoms with van der Waals surface area (Å²) >= 11 is 0. The first kappa shape index (κ1) is 9.59. The van der Waals surface area contributed by atoms with E-state index in [1.807, 2.05) is 6.20 Å². The van der Waals surface area contributed by atoms with Crippen molar-refractivity contribution in [3.63, 3.8) is 0 Å². The number of nitrogens with zero attached hydrogens (tertiary/aromatic N) is 2. The van der Waals surface area contributed by atoms with E-state index in [2.05, 4.69) is 23.8 Å². The van der Waals surface area contributed by atoms with Gasteiger partial charge in [-0.1, -0.05) is 13.8 Å². The Bertz CT molecular complexity index is 314. The summed E-state index contributed by atoms with van der Waals surface area (Å²) in [6, 6.07) is 0. The molecule has 0 saturated heterocycles. The molecule has 3 heteroatoms. The molecule has 0 aliphatic heterocycles. The molecule has 1 aromatic heterocycles. The van der Waals surface area contributed by atoms with Gasteiger partial charge in [-0.15, -0.1) is 0 Å². The molecule has 0 bridgehead atoms. The smallest absolute Gasteiger partial charge is 0.0624 e. The van der Waals surface area contributed by atoms with Gasteiger partial charge in [0.2, 0.25) is 0 Å². The van der Waals surface area contributed by atoms with Crippen LogP contribution in [0.4, 0.5) is 0 Å². The number of aliphatic hydroxyl groups is 1. The normalized spacial score (nSPS) is 36.5. The Balaban J connectivity index is 2.23. The molecule has 2 rings (SSSR count). The molecule has 3 unspecified atom stereocenters. The fourth-order valence-corrected chi connectivity index (χ4v) is 2.26. The maximum Gasteiger partial charge on any atom is 0.0624 e. The lowest BCUT2D eigenvalue weighted by molar-refractivity contribution is -0.0792. The van der Waals surface area contributed by atoms with Gasteiger partial charge in [0.25, 0.3) is 0 Å². The topological polar surface area (TPSA) is 46.0 Å². The monoisotopic (exact) mass is 192 g/mol. The highest BCUT2D eigenvalue weighted by Gasteiger charge is 2.50. The summed E-state index contributed by atoms with van der Waals surface area (Å²) in [6.07, 6.45) is 6.83. The van der Waals surface area contributed by atoms with Crippen LogP contribution in [-0.4, -0.2) is 21.2 Å². The molecule has 0 spiro atoms. The van der Waals surface area contributed by atoms with Gasteiger partial charge < -0.3 is 5.11 Å². The van der Waals surface area contributed by atoms with E-state index in [4.69, 9.17) is 0 Å². The first-order valence-electron chi connectivity index (χ1n) is 5.12. The molecular weight excluding hydrogens is 176 g/mol. The molecule has 1 aromatic rings. The highest BCUT2D eigenvalue weighted by atomic mass is 16.3. The van der Waals surface area contributed by atoms with E-state index in [9.17, 15) is 5.11 Å². The van der Waals surface area contributed by atoms with Crippen molar-refractivity contribution in [1.82, 2.24) is 9.97 Å². The van der Waals surface area contributed by atoms with E-state index in [-0.39, 0.29) is 11.5 Å². The fraction of sp³-hybridized carbons (Fsp3) is 0.636. The van der Waals surface area contributed by atoms with E-state index in [0.29, 0.717) is 5.92 Å². The van der Waals surface area contributed by atoms with Gasteiger partial charge in [-0.2, -0.15) is 0 Å². The zero-order chi connectivity index (χ0) is 10.2. The minimum atomic E-state index is -0.181. The van der Waals surface area contributed by atoms with Gasteiger partial charge in [0.1, 0.15) is 0 Å². The average Bonchev–Trinajstić information content (AvgIpc) is 2.25. The first-order chi connectivity index (χ1) is 6.68. The zero-order valence-electron chi connectivity index (χ0n) is 8.64. The highest BCUT2D eigenvalue weighted by molar-refractivity contribution is 5.17. The molecule has 0 aromatic carbocycles. The summed E-state index contributed by atoms with van der Waals surface area (Å²) in [5, 5.41) is 9.75. The van der Waals surface area contributed by atoms with Crippen LogP contribution in [0.15, 0.2) is 18.6 Å². The fourth-order valence-electron chi connectivity index (χ4n) is 2.26. The van der Waals surface area contributed by atoms with Gasteiger partial charge in [-0.05, 0) is 12.8 Å². The summed E-state index contributed by atoms with van der Waals surface area (Å²) in [5.74, 6) is 0.371. The van der Waals surface area contributed by atoms with Crippen molar-refractivity contribution < 1.29 is 5.11 Å². The van der Waals surface area contributed by atoms with Crippen LogP contribution < -0.4 is 0 Å². The van der Waals surface area contributed by atoms with Crippen molar-refractivity contribution in [1.29, 1.82) is 0 Å². The van der Waals surface area contributed by atoms with Crippen LogP contribution in [0.1, 0.15) is 38.3 Å². The van der Waals surface area contributed by atoms with Gasteiger partial charge in [0.05, 0.1) is 11.8 Å².